The molecule has 2 aromatic carbocycles. The molecule has 1 unspecified atom stereocenters. The summed E-state index contributed by atoms with van der Waals surface area (Å²) in [5, 5.41) is 15.7. The number of benzene rings is 2. The third-order valence-corrected chi connectivity index (χ3v) is 6.84. The highest BCUT2D eigenvalue weighted by molar-refractivity contribution is 5.94. The van der Waals surface area contributed by atoms with Gasteiger partial charge in [0.2, 0.25) is 0 Å². The monoisotopic (exact) mass is 473 g/mol. The Bertz CT molecular complexity index is 1190. The summed E-state index contributed by atoms with van der Waals surface area (Å²) in [6.07, 6.45) is 5.10. The molecule has 9 nitrogen and oxygen atoms in total. The van der Waals surface area contributed by atoms with E-state index in [1.54, 1.807) is 23.2 Å². The van der Waals surface area contributed by atoms with Gasteiger partial charge in [-0.3, -0.25) is 14.9 Å². The molecule has 5 rings (SSSR count). The standard InChI is InChI=1S/C26H31N7O2/c27-30-24(17-29-21-4-2-20(3-5-21)26(34)33-11-13-35-14-12-33)25-22-16-19(1-6-23(22)31-32-25)15-18-7-9-28-10-8-18/h1-6,16-18,24,27-28H,7-15H2,(H,31,32). The van der Waals surface area contributed by atoms with Gasteiger partial charge in [0.1, 0.15) is 6.04 Å². The van der Waals surface area contributed by atoms with E-state index in [9.17, 15) is 4.79 Å². The predicted molar refractivity (Wildman–Crippen MR) is 135 cm³/mol. The van der Waals surface area contributed by atoms with E-state index in [1.807, 2.05) is 18.2 Å². The number of amides is 1. The molecule has 0 bridgehead atoms. The minimum absolute atomic E-state index is 0.00656. The van der Waals surface area contributed by atoms with Crippen molar-refractivity contribution in [1.82, 2.24) is 20.4 Å². The fourth-order valence-corrected chi connectivity index (χ4v) is 4.82. The molecule has 35 heavy (non-hydrogen) atoms. The van der Waals surface area contributed by atoms with Crippen molar-refractivity contribution in [2.45, 2.75) is 25.3 Å². The van der Waals surface area contributed by atoms with Gasteiger partial charge in [-0.1, -0.05) is 6.07 Å². The number of H-pyrrole nitrogens is 1. The molecule has 182 valence electrons. The number of rotatable bonds is 7. The normalized spacial score (nSPS) is 18.2. The molecule has 2 saturated heterocycles. The summed E-state index contributed by atoms with van der Waals surface area (Å²) in [6.45, 7) is 4.55. The molecule has 1 amide bonds. The molecule has 0 radical (unpaired) electrons. The molecule has 1 atom stereocenters. The first-order valence-corrected chi connectivity index (χ1v) is 12.3. The van der Waals surface area contributed by atoms with E-state index in [-0.39, 0.29) is 5.91 Å². The van der Waals surface area contributed by atoms with Crippen LogP contribution < -0.4 is 5.32 Å². The number of nitrogens with one attached hydrogen (secondary N) is 3. The average Bonchev–Trinajstić information content (AvgIpc) is 3.33. The largest absolute Gasteiger partial charge is 0.378 e. The van der Waals surface area contributed by atoms with Gasteiger partial charge in [0.05, 0.1) is 30.1 Å². The number of nitrogens with zero attached hydrogens (tertiary/aromatic N) is 4. The van der Waals surface area contributed by atoms with Crippen molar-refractivity contribution in [2.24, 2.45) is 16.0 Å². The minimum atomic E-state index is -0.566. The van der Waals surface area contributed by atoms with Crippen molar-refractivity contribution in [3.8, 4) is 0 Å². The molecule has 1 aromatic heterocycles. The highest BCUT2D eigenvalue weighted by Gasteiger charge is 2.19. The van der Waals surface area contributed by atoms with Gasteiger partial charge in [-0.15, -0.1) is 0 Å². The fourth-order valence-electron chi connectivity index (χ4n) is 4.82. The number of aromatic amines is 1. The van der Waals surface area contributed by atoms with Gasteiger partial charge in [0.25, 0.3) is 5.91 Å². The van der Waals surface area contributed by atoms with E-state index >= 15 is 0 Å². The number of piperidine rings is 1. The first-order chi connectivity index (χ1) is 17.2. The summed E-state index contributed by atoms with van der Waals surface area (Å²) in [5.74, 6) is 0.701. The first-order valence-electron chi connectivity index (χ1n) is 12.3. The van der Waals surface area contributed by atoms with Crippen LogP contribution in [0.15, 0.2) is 52.6 Å². The van der Waals surface area contributed by atoms with Crippen molar-refractivity contribution in [1.29, 1.82) is 5.53 Å². The van der Waals surface area contributed by atoms with Gasteiger partial charge in [0.15, 0.2) is 0 Å². The van der Waals surface area contributed by atoms with E-state index < -0.39 is 6.04 Å². The van der Waals surface area contributed by atoms with Crippen LogP contribution in [0.1, 0.15) is 40.5 Å². The molecule has 0 spiro atoms. The lowest BCUT2D eigenvalue weighted by molar-refractivity contribution is 0.0303. The van der Waals surface area contributed by atoms with Crippen LogP contribution >= 0.6 is 0 Å². The molecule has 3 heterocycles. The second-order valence-corrected chi connectivity index (χ2v) is 9.19. The van der Waals surface area contributed by atoms with E-state index in [0.29, 0.717) is 43.5 Å². The first kappa shape index (κ1) is 23.3. The van der Waals surface area contributed by atoms with Crippen LogP contribution in [0.2, 0.25) is 0 Å². The van der Waals surface area contributed by atoms with E-state index in [4.69, 9.17) is 10.3 Å². The number of hydrogen-bond acceptors (Lipinski definition) is 7. The van der Waals surface area contributed by atoms with Gasteiger partial charge in [0, 0.05) is 30.3 Å². The zero-order valence-corrected chi connectivity index (χ0v) is 19.7. The van der Waals surface area contributed by atoms with Crippen LogP contribution in [0.5, 0.6) is 0 Å². The maximum atomic E-state index is 12.6. The summed E-state index contributed by atoms with van der Waals surface area (Å²) in [5.41, 5.74) is 12.0. The van der Waals surface area contributed by atoms with E-state index in [2.05, 4.69) is 37.8 Å². The van der Waals surface area contributed by atoms with Crippen molar-refractivity contribution < 1.29 is 9.53 Å². The lowest BCUT2D eigenvalue weighted by Gasteiger charge is -2.26. The molecule has 3 N–H and O–H groups in total. The Balaban J connectivity index is 1.29. The highest BCUT2D eigenvalue weighted by Crippen LogP contribution is 2.27. The smallest absolute Gasteiger partial charge is 0.254 e. The van der Waals surface area contributed by atoms with Gasteiger partial charge in [-0.05, 0) is 80.2 Å². The molecular formula is C26H31N7O2. The third-order valence-electron chi connectivity index (χ3n) is 6.84. The topological polar surface area (TPSA) is 119 Å². The number of aromatic nitrogens is 2. The van der Waals surface area contributed by atoms with Crippen LogP contribution in [-0.4, -0.2) is 66.6 Å². The van der Waals surface area contributed by atoms with Crippen LogP contribution in [0, 0.1) is 11.4 Å². The van der Waals surface area contributed by atoms with Crippen LogP contribution in [0.4, 0.5) is 5.69 Å². The number of hydrogen-bond donors (Lipinski definition) is 3. The lowest BCUT2D eigenvalue weighted by atomic mass is 9.90. The summed E-state index contributed by atoms with van der Waals surface area (Å²) in [4.78, 5) is 19.0. The quantitative estimate of drug-likeness (QED) is 0.354. The third kappa shape index (κ3) is 5.47. The Labute approximate surface area is 204 Å². The zero-order valence-electron chi connectivity index (χ0n) is 19.7. The fraction of sp³-hybridized carbons (Fsp3) is 0.423. The molecule has 2 fully saturated rings. The van der Waals surface area contributed by atoms with Crippen molar-refractivity contribution in [3.63, 3.8) is 0 Å². The molecule has 0 aliphatic carbocycles. The summed E-state index contributed by atoms with van der Waals surface area (Å²) in [6, 6.07) is 13.0. The number of fused-ring (bicyclic) bond motifs is 1. The van der Waals surface area contributed by atoms with Crippen LogP contribution in [-0.2, 0) is 11.2 Å². The Morgan fingerprint density at radius 1 is 1.17 bits per heavy atom. The number of morpholine rings is 1. The summed E-state index contributed by atoms with van der Waals surface area (Å²) >= 11 is 0. The van der Waals surface area contributed by atoms with Crippen molar-refractivity contribution >= 4 is 28.7 Å². The second-order valence-electron chi connectivity index (χ2n) is 9.19. The lowest BCUT2D eigenvalue weighted by Crippen LogP contribution is -2.40. The second kappa shape index (κ2) is 10.9. The maximum Gasteiger partial charge on any atom is 0.254 e. The Morgan fingerprint density at radius 3 is 2.69 bits per heavy atom. The Hall–Kier alpha value is -3.43. The van der Waals surface area contributed by atoms with Crippen LogP contribution in [0.3, 0.4) is 0 Å². The Morgan fingerprint density at radius 2 is 1.94 bits per heavy atom. The van der Waals surface area contributed by atoms with E-state index in [1.165, 1.54) is 18.4 Å². The SMILES string of the molecule is N=NC(C=Nc1ccc(C(=O)N2CCOCC2)cc1)c1[nH]nc2ccc(CC3CCNCC3)cc12. The number of carbonyl (C=O) groups is 1. The summed E-state index contributed by atoms with van der Waals surface area (Å²) in [7, 11) is 0. The summed E-state index contributed by atoms with van der Waals surface area (Å²) < 4.78 is 5.32. The molecule has 9 heteroatoms. The number of ether oxygens (including phenoxy) is 1. The molecule has 3 aromatic rings. The molecular weight excluding hydrogens is 442 g/mol. The van der Waals surface area contributed by atoms with E-state index in [0.717, 1.165) is 36.1 Å². The predicted octanol–water partition coefficient (Wildman–Crippen LogP) is 4.05. The zero-order chi connectivity index (χ0) is 24.0. The molecule has 2 aliphatic rings. The van der Waals surface area contributed by atoms with Crippen LogP contribution in [0.25, 0.3) is 10.9 Å². The molecule has 0 saturated carbocycles. The van der Waals surface area contributed by atoms with Gasteiger partial charge in [-0.25, -0.2) is 5.53 Å². The van der Waals surface area contributed by atoms with Crippen molar-refractivity contribution in [3.05, 3.63) is 59.3 Å². The maximum absolute atomic E-state index is 12.6. The molecule has 2 aliphatic heterocycles. The number of carbonyl (C=O) groups excluding carboxylic acids is 1. The van der Waals surface area contributed by atoms with Gasteiger partial charge in [-0.2, -0.15) is 10.2 Å². The minimum Gasteiger partial charge on any atom is -0.378 e. The average molecular weight is 474 g/mol. The Kier molecular flexibility index (Phi) is 7.25. The van der Waals surface area contributed by atoms with Gasteiger partial charge >= 0.3 is 0 Å². The van der Waals surface area contributed by atoms with Crippen molar-refractivity contribution in [2.75, 3.05) is 39.4 Å². The van der Waals surface area contributed by atoms with Gasteiger partial charge < -0.3 is 15.0 Å². The highest BCUT2D eigenvalue weighted by atomic mass is 16.5. The number of aliphatic imine (C=N–C) groups is 1.